The van der Waals surface area contributed by atoms with E-state index in [0.717, 1.165) is 25.9 Å². The second-order valence-electron chi connectivity index (χ2n) is 8.24. The minimum Gasteiger partial charge on any atom is -0.386 e. The first-order chi connectivity index (χ1) is 15.9. The summed E-state index contributed by atoms with van der Waals surface area (Å²) < 4.78 is 31.4. The van der Waals surface area contributed by atoms with Gasteiger partial charge in [-0.05, 0) is 31.0 Å². The van der Waals surface area contributed by atoms with E-state index < -0.39 is 11.6 Å². The van der Waals surface area contributed by atoms with Gasteiger partial charge >= 0.3 is 0 Å². The zero-order valence-electron chi connectivity index (χ0n) is 18.4. The Bertz CT molecular complexity index is 1330. The molecule has 0 amide bonds. The van der Waals surface area contributed by atoms with E-state index in [4.69, 9.17) is 10.7 Å². The summed E-state index contributed by atoms with van der Waals surface area (Å²) in [7, 11) is 3.35. The van der Waals surface area contributed by atoms with Gasteiger partial charge in [0.2, 0.25) is 5.95 Å². The molecule has 2 aromatic heterocycles. The lowest BCUT2D eigenvalue weighted by molar-refractivity contribution is 0.495. The first-order valence-corrected chi connectivity index (χ1v) is 10.8. The molecule has 0 radical (unpaired) electrons. The molecular weight excluding hydrogens is 426 g/mol. The van der Waals surface area contributed by atoms with Crippen LogP contribution in [0.3, 0.4) is 0 Å². The van der Waals surface area contributed by atoms with Crippen molar-refractivity contribution in [1.82, 2.24) is 25.0 Å². The molecule has 4 aromatic rings. The van der Waals surface area contributed by atoms with E-state index in [1.165, 1.54) is 16.8 Å². The summed E-state index contributed by atoms with van der Waals surface area (Å²) in [5.74, 6) is -0.364. The minimum atomic E-state index is -0.457. The van der Waals surface area contributed by atoms with Crippen molar-refractivity contribution in [3.05, 3.63) is 48.2 Å². The summed E-state index contributed by atoms with van der Waals surface area (Å²) in [5.41, 5.74) is 9.22. The maximum Gasteiger partial charge on any atom is 0.225 e. The normalized spacial score (nSPS) is 14.8. The van der Waals surface area contributed by atoms with Crippen LogP contribution in [0.15, 0.2) is 36.5 Å². The minimum absolute atomic E-state index is 0.163. The van der Waals surface area contributed by atoms with E-state index in [0.29, 0.717) is 39.5 Å². The van der Waals surface area contributed by atoms with Gasteiger partial charge in [-0.2, -0.15) is 0 Å². The van der Waals surface area contributed by atoms with Crippen LogP contribution >= 0.6 is 0 Å². The van der Waals surface area contributed by atoms with Crippen LogP contribution in [0.2, 0.25) is 0 Å². The summed E-state index contributed by atoms with van der Waals surface area (Å²) in [5, 5.41) is 10.9. The fourth-order valence-corrected chi connectivity index (χ4v) is 4.17. The van der Waals surface area contributed by atoms with Crippen molar-refractivity contribution < 1.29 is 8.78 Å². The van der Waals surface area contributed by atoms with Crippen molar-refractivity contribution in [3.63, 3.8) is 0 Å². The molecule has 5 rings (SSSR count). The highest BCUT2D eigenvalue weighted by Gasteiger charge is 2.22. The molecule has 3 N–H and O–H groups in total. The molecule has 0 unspecified atom stereocenters. The predicted octanol–water partition coefficient (Wildman–Crippen LogP) is 3.34. The van der Waals surface area contributed by atoms with E-state index in [2.05, 4.69) is 25.5 Å². The number of fused-ring (bicyclic) bond motifs is 1. The fourth-order valence-electron chi connectivity index (χ4n) is 4.17. The Labute approximate surface area is 189 Å². The van der Waals surface area contributed by atoms with Crippen LogP contribution < -0.4 is 16.0 Å². The molecule has 2 aromatic carbocycles. The molecule has 1 saturated heterocycles. The number of nitrogens with zero attached hydrogens (tertiary/aromatic N) is 6. The van der Waals surface area contributed by atoms with Gasteiger partial charge in [-0.15, -0.1) is 5.10 Å². The zero-order valence-corrected chi connectivity index (χ0v) is 18.4. The largest absolute Gasteiger partial charge is 0.386 e. The molecule has 1 aliphatic heterocycles. The highest BCUT2D eigenvalue weighted by Crippen LogP contribution is 2.36. The lowest BCUT2D eigenvalue weighted by Gasteiger charge is -2.30. The van der Waals surface area contributed by atoms with Crippen LogP contribution in [0.25, 0.3) is 33.4 Å². The van der Waals surface area contributed by atoms with Crippen LogP contribution in [0.5, 0.6) is 0 Å². The highest BCUT2D eigenvalue weighted by atomic mass is 19.1. The number of piperidine rings is 1. The molecular formula is C23H24F2N8. The lowest BCUT2D eigenvalue weighted by Crippen LogP contribution is -2.40. The number of nitrogens with one attached hydrogen (secondary N) is 1. The number of nitrogens with two attached hydrogens (primary N) is 1. The topological polar surface area (TPSA) is 97.8 Å². The van der Waals surface area contributed by atoms with Gasteiger partial charge in [-0.3, -0.25) is 0 Å². The van der Waals surface area contributed by atoms with Gasteiger partial charge in [-0.25, -0.2) is 23.4 Å². The Morgan fingerprint density at radius 2 is 1.85 bits per heavy atom. The van der Waals surface area contributed by atoms with E-state index in [1.54, 1.807) is 38.5 Å². The average molecular weight is 450 g/mol. The quantitative estimate of drug-likeness (QED) is 0.492. The number of anilines is 2. The molecule has 10 heteroatoms. The third kappa shape index (κ3) is 3.86. The van der Waals surface area contributed by atoms with Gasteiger partial charge in [0.15, 0.2) is 0 Å². The van der Waals surface area contributed by atoms with Gasteiger partial charge in [0.1, 0.15) is 17.2 Å². The number of aryl methyl sites for hydroxylation is 1. The molecule has 1 fully saturated rings. The number of hydrogen-bond acceptors (Lipinski definition) is 7. The summed E-state index contributed by atoms with van der Waals surface area (Å²) in [4.78, 5) is 11.4. The van der Waals surface area contributed by atoms with Crippen molar-refractivity contribution in [1.29, 1.82) is 0 Å². The molecule has 1 aliphatic rings. The van der Waals surface area contributed by atoms with Crippen molar-refractivity contribution in [2.45, 2.75) is 18.9 Å². The predicted molar refractivity (Wildman–Crippen MR) is 124 cm³/mol. The lowest BCUT2D eigenvalue weighted by atomic mass is 9.99. The maximum atomic E-state index is 15.2. The van der Waals surface area contributed by atoms with Gasteiger partial charge in [0.25, 0.3) is 0 Å². The second-order valence-corrected chi connectivity index (χ2v) is 8.24. The van der Waals surface area contributed by atoms with Crippen LogP contribution in [-0.4, -0.2) is 51.1 Å². The fraction of sp³-hybridized carbons (Fsp3) is 0.304. The number of halogens is 2. The maximum absolute atomic E-state index is 15.2. The molecule has 0 aliphatic carbocycles. The van der Waals surface area contributed by atoms with E-state index in [9.17, 15) is 4.39 Å². The molecule has 33 heavy (non-hydrogen) atoms. The molecule has 0 atom stereocenters. The van der Waals surface area contributed by atoms with Gasteiger partial charge in [-0.1, -0.05) is 11.3 Å². The Kier molecular flexibility index (Phi) is 5.37. The first kappa shape index (κ1) is 21.2. The van der Waals surface area contributed by atoms with Crippen LogP contribution in [0, 0.1) is 11.6 Å². The van der Waals surface area contributed by atoms with Crippen molar-refractivity contribution >= 4 is 22.7 Å². The third-order valence-electron chi connectivity index (χ3n) is 6.10. The summed E-state index contributed by atoms with van der Waals surface area (Å²) in [6.07, 6.45) is 3.27. The Hall–Kier alpha value is -3.66. The van der Waals surface area contributed by atoms with Gasteiger partial charge in [0.05, 0.1) is 16.9 Å². The summed E-state index contributed by atoms with van der Waals surface area (Å²) in [6, 6.07) is 7.97. The van der Waals surface area contributed by atoms with Crippen molar-refractivity contribution in [2.24, 2.45) is 12.8 Å². The number of hydrogen-bond donors (Lipinski definition) is 2. The molecule has 170 valence electrons. The molecule has 0 bridgehead atoms. The smallest absolute Gasteiger partial charge is 0.225 e. The van der Waals surface area contributed by atoms with E-state index in [1.807, 2.05) is 0 Å². The standard InChI is InChI=1S/C23H24F2N8/c1-27-19-4-3-13(9-18(19)25)22-16(12-28-23(29-22)33-7-5-14(26)6-8-33)15-10-20-21(11-17(15)24)32(2)31-30-20/h3-4,9-12,14,27H,5-8,26H2,1-2H3. The number of rotatable bonds is 4. The molecule has 0 spiro atoms. The van der Waals surface area contributed by atoms with Gasteiger partial charge < -0.3 is 16.0 Å². The summed E-state index contributed by atoms with van der Waals surface area (Å²) in [6.45, 7) is 1.46. The molecule has 8 nitrogen and oxygen atoms in total. The van der Waals surface area contributed by atoms with Crippen LogP contribution in [0.1, 0.15) is 12.8 Å². The Balaban J connectivity index is 1.67. The van der Waals surface area contributed by atoms with Crippen molar-refractivity contribution in [2.75, 3.05) is 30.4 Å². The monoisotopic (exact) mass is 450 g/mol. The average Bonchev–Trinajstić information content (AvgIpc) is 3.18. The third-order valence-corrected chi connectivity index (χ3v) is 6.10. The van der Waals surface area contributed by atoms with Crippen LogP contribution in [0.4, 0.5) is 20.4 Å². The van der Waals surface area contributed by atoms with Crippen molar-refractivity contribution in [3.8, 4) is 22.4 Å². The van der Waals surface area contributed by atoms with E-state index >= 15 is 4.39 Å². The number of aromatic nitrogens is 5. The van der Waals surface area contributed by atoms with E-state index in [-0.39, 0.29) is 11.6 Å². The summed E-state index contributed by atoms with van der Waals surface area (Å²) >= 11 is 0. The van der Waals surface area contributed by atoms with Crippen LogP contribution in [-0.2, 0) is 7.05 Å². The van der Waals surface area contributed by atoms with Gasteiger partial charge in [0, 0.05) is 62.2 Å². The Morgan fingerprint density at radius 3 is 2.58 bits per heavy atom. The zero-order chi connectivity index (χ0) is 23.1. The molecule has 3 heterocycles. The molecule has 0 saturated carbocycles. The second kappa shape index (κ2) is 8.36. The SMILES string of the molecule is CNc1ccc(-c2nc(N3CCC(N)CC3)ncc2-c2cc3nnn(C)c3cc2F)cc1F. The Morgan fingerprint density at radius 1 is 1.06 bits per heavy atom. The first-order valence-electron chi connectivity index (χ1n) is 10.8. The highest BCUT2D eigenvalue weighted by molar-refractivity contribution is 5.87. The number of benzene rings is 2.